The summed E-state index contributed by atoms with van der Waals surface area (Å²) in [5.41, 5.74) is 7.68. The molecule has 84 valence electrons. The van der Waals surface area contributed by atoms with E-state index in [-0.39, 0.29) is 0 Å². The quantitative estimate of drug-likeness (QED) is 0.873. The number of anilines is 1. The van der Waals surface area contributed by atoms with Crippen LogP contribution in [0, 0.1) is 0 Å². The number of aromatic nitrogens is 2. The highest BCUT2D eigenvalue weighted by molar-refractivity contribution is 7.07. The number of rotatable bonds is 4. The van der Waals surface area contributed by atoms with Crippen LogP contribution in [0.1, 0.15) is 11.3 Å². The Balaban J connectivity index is 2.11. The van der Waals surface area contributed by atoms with Crippen LogP contribution in [0.15, 0.2) is 29.1 Å². The molecule has 0 fully saturated rings. The highest BCUT2D eigenvalue weighted by Gasteiger charge is 2.05. The van der Waals surface area contributed by atoms with Crippen LogP contribution in [0.4, 0.5) is 5.95 Å². The van der Waals surface area contributed by atoms with E-state index < -0.39 is 0 Å². The van der Waals surface area contributed by atoms with Crippen LogP contribution in [0.2, 0.25) is 0 Å². The molecule has 0 amide bonds. The van der Waals surface area contributed by atoms with Crippen LogP contribution >= 0.6 is 11.3 Å². The molecule has 0 aliphatic carbocycles. The molecule has 0 spiro atoms. The predicted molar refractivity (Wildman–Crippen MR) is 66.3 cm³/mol. The number of hydrogen-bond acceptors (Lipinski definition) is 5. The van der Waals surface area contributed by atoms with Crippen LogP contribution in [0.3, 0.4) is 0 Å². The third kappa shape index (κ3) is 2.56. The van der Waals surface area contributed by atoms with Gasteiger partial charge in [-0.2, -0.15) is 11.3 Å². The summed E-state index contributed by atoms with van der Waals surface area (Å²) in [5, 5.41) is 4.20. The van der Waals surface area contributed by atoms with Gasteiger partial charge in [-0.25, -0.2) is 9.97 Å². The van der Waals surface area contributed by atoms with Gasteiger partial charge in [-0.3, -0.25) is 0 Å². The molecule has 4 nitrogen and oxygen atoms in total. The topological polar surface area (TPSA) is 55.0 Å². The minimum absolute atomic E-state index is 0.446. The molecule has 5 heteroatoms. The minimum Gasteiger partial charge on any atom is -0.340 e. The van der Waals surface area contributed by atoms with Crippen molar-refractivity contribution < 1.29 is 0 Å². The van der Waals surface area contributed by atoms with Crippen LogP contribution < -0.4 is 10.6 Å². The molecule has 0 saturated heterocycles. The first kappa shape index (κ1) is 11.0. The lowest BCUT2D eigenvalue weighted by Gasteiger charge is -2.16. The van der Waals surface area contributed by atoms with Crippen LogP contribution in [0.5, 0.6) is 0 Å². The maximum Gasteiger partial charge on any atom is 0.225 e. The highest BCUT2D eigenvalue weighted by Crippen LogP contribution is 2.12. The van der Waals surface area contributed by atoms with Crippen molar-refractivity contribution in [3.8, 4) is 0 Å². The fourth-order valence-corrected chi connectivity index (χ4v) is 2.07. The zero-order chi connectivity index (χ0) is 11.4. The lowest BCUT2D eigenvalue weighted by atomic mass is 10.3. The molecule has 2 heterocycles. The predicted octanol–water partition coefficient (Wildman–Crippen LogP) is 1.63. The molecule has 0 bridgehead atoms. The normalized spacial score (nSPS) is 10.4. The van der Waals surface area contributed by atoms with Gasteiger partial charge in [0.25, 0.3) is 0 Å². The summed E-state index contributed by atoms with van der Waals surface area (Å²) in [6.07, 6.45) is 1.74. The standard InChI is InChI=1S/C11H14N4S/c1-15(7-9-3-5-16-8-9)11-13-4-2-10(6-12)14-11/h2-5,8H,6-7,12H2,1H3. The van der Waals surface area contributed by atoms with Crippen molar-refractivity contribution in [2.45, 2.75) is 13.1 Å². The molecule has 0 aliphatic heterocycles. The summed E-state index contributed by atoms with van der Waals surface area (Å²) in [6.45, 7) is 1.26. The Kier molecular flexibility index (Phi) is 3.48. The van der Waals surface area contributed by atoms with E-state index in [1.807, 2.05) is 18.0 Å². The first-order chi connectivity index (χ1) is 7.79. The van der Waals surface area contributed by atoms with Crippen molar-refractivity contribution in [1.82, 2.24) is 9.97 Å². The molecule has 2 aromatic rings. The first-order valence-corrected chi connectivity index (χ1v) is 5.98. The fraction of sp³-hybridized carbons (Fsp3) is 0.273. The van der Waals surface area contributed by atoms with Gasteiger partial charge in [-0.05, 0) is 28.5 Å². The third-order valence-electron chi connectivity index (χ3n) is 2.25. The van der Waals surface area contributed by atoms with E-state index in [0.717, 1.165) is 12.2 Å². The van der Waals surface area contributed by atoms with E-state index in [9.17, 15) is 0 Å². The molecular weight excluding hydrogens is 220 g/mol. The van der Waals surface area contributed by atoms with E-state index in [2.05, 4.69) is 26.8 Å². The van der Waals surface area contributed by atoms with Crippen molar-refractivity contribution in [2.24, 2.45) is 5.73 Å². The van der Waals surface area contributed by atoms with Gasteiger partial charge >= 0.3 is 0 Å². The lowest BCUT2D eigenvalue weighted by molar-refractivity contribution is 0.847. The summed E-state index contributed by atoms with van der Waals surface area (Å²) >= 11 is 1.70. The molecule has 0 radical (unpaired) electrons. The molecule has 0 aromatic carbocycles. The van der Waals surface area contributed by atoms with E-state index in [4.69, 9.17) is 5.73 Å². The molecular formula is C11H14N4S. The third-order valence-corrected chi connectivity index (χ3v) is 2.98. The van der Waals surface area contributed by atoms with Gasteiger partial charge in [-0.15, -0.1) is 0 Å². The van der Waals surface area contributed by atoms with Crippen LogP contribution in [0.25, 0.3) is 0 Å². The zero-order valence-electron chi connectivity index (χ0n) is 9.13. The largest absolute Gasteiger partial charge is 0.340 e. The Bertz CT molecular complexity index is 441. The zero-order valence-corrected chi connectivity index (χ0v) is 9.94. The smallest absolute Gasteiger partial charge is 0.225 e. The second-order valence-electron chi connectivity index (χ2n) is 3.54. The summed E-state index contributed by atoms with van der Waals surface area (Å²) in [7, 11) is 1.98. The number of nitrogens with two attached hydrogens (primary N) is 1. The Hall–Kier alpha value is -1.46. The summed E-state index contributed by atoms with van der Waals surface area (Å²) in [5.74, 6) is 0.717. The Labute approximate surface area is 98.8 Å². The lowest BCUT2D eigenvalue weighted by Crippen LogP contribution is -2.19. The van der Waals surface area contributed by atoms with E-state index >= 15 is 0 Å². The molecule has 0 saturated carbocycles. The Morgan fingerprint density at radius 1 is 1.44 bits per heavy atom. The van der Waals surface area contributed by atoms with Gasteiger partial charge in [0.15, 0.2) is 0 Å². The molecule has 2 N–H and O–H groups in total. The Morgan fingerprint density at radius 2 is 2.31 bits per heavy atom. The van der Waals surface area contributed by atoms with E-state index in [1.54, 1.807) is 17.5 Å². The van der Waals surface area contributed by atoms with Gasteiger partial charge in [0.1, 0.15) is 0 Å². The second kappa shape index (κ2) is 5.05. The number of nitrogens with zero attached hydrogens (tertiary/aromatic N) is 3. The monoisotopic (exact) mass is 234 g/mol. The van der Waals surface area contributed by atoms with Gasteiger partial charge in [0, 0.05) is 26.3 Å². The fourth-order valence-electron chi connectivity index (χ4n) is 1.41. The number of thiophene rings is 1. The second-order valence-corrected chi connectivity index (χ2v) is 4.32. The van der Waals surface area contributed by atoms with Crippen LogP contribution in [-0.4, -0.2) is 17.0 Å². The summed E-state index contributed by atoms with van der Waals surface area (Å²) < 4.78 is 0. The average molecular weight is 234 g/mol. The summed E-state index contributed by atoms with van der Waals surface area (Å²) in [4.78, 5) is 10.6. The molecule has 0 unspecified atom stereocenters. The van der Waals surface area contributed by atoms with Gasteiger partial charge in [0.2, 0.25) is 5.95 Å². The van der Waals surface area contributed by atoms with Gasteiger partial charge < -0.3 is 10.6 Å². The van der Waals surface area contributed by atoms with Crippen LogP contribution in [-0.2, 0) is 13.1 Å². The Morgan fingerprint density at radius 3 is 3.00 bits per heavy atom. The van der Waals surface area contributed by atoms with Crippen molar-refractivity contribution in [1.29, 1.82) is 0 Å². The SMILES string of the molecule is CN(Cc1ccsc1)c1nccc(CN)n1. The molecule has 2 rings (SSSR count). The van der Waals surface area contributed by atoms with E-state index in [1.165, 1.54) is 5.56 Å². The number of hydrogen-bond donors (Lipinski definition) is 1. The highest BCUT2D eigenvalue weighted by atomic mass is 32.1. The molecule has 0 atom stereocenters. The van der Waals surface area contributed by atoms with Crippen molar-refractivity contribution in [2.75, 3.05) is 11.9 Å². The maximum absolute atomic E-state index is 5.55. The molecule has 2 aromatic heterocycles. The van der Waals surface area contributed by atoms with E-state index in [0.29, 0.717) is 12.5 Å². The van der Waals surface area contributed by atoms with Gasteiger partial charge in [-0.1, -0.05) is 0 Å². The average Bonchev–Trinajstić information content (AvgIpc) is 2.82. The van der Waals surface area contributed by atoms with Crippen molar-refractivity contribution >= 4 is 17.3 Å². The van der Waals surface area contributed by atoms with Crippen molar-refractivity contribution in [3.05, 3.63) is 40.3 Å². The maximum atomic E-state index is 5.55. The first-order valence-electron chi connectivity index (χ1n) is 5.04. The molecule has 16 heavy (non-hydrogen) atoms. The minimum atomic E-state index is 0.446. The van der Waals surface area contributed by atoms with Gasteiger partial charge in [0.05, 0.1) is 5.69 Å². The summed E-state index contributed by atoms with van der Waals surface area (Å²) in [6, 6.07) is 3.94. The molecule has 0 aliphatic rings. The van der Waals surface area contributed by atoms with Crippen molar-refractivity contribution in [3.63, 3.8) is 0 Å².